The summed E-state index contributed by atoms with van der Waals surface area (Å²) in [6.07, 6.45) is 1.38. The number of anilines is 1. The van der Waals surface area contributed by atoms with Crippen LogP contribution in [0.4, 0.5) is 10.5 Å². The quantitative estimate of drug-likeness (QED) is 0.543. The Balaban J connectivity index is 2.02. The minimum Gasteiger partial charge on any atom is -0.497 e. The molecule has 1 heterocycles. The maximum absolute atomic E-state index is 12.9. The average molecular weight is 461 g/mol. The third kappa shape index (κ3) is 3.95. The monoisotopic (exact) mass is 460 g/mol. The van der Waals surface area contributed by atoms with Gasteiger partial charge in [0.05, 0.1) is 31.5 Å². The van der Waals surface area contributed by atoms with E-state index in [-0.39, 0.29) is 5.57 Å². The molecule has 0 unspecified atom stereocenters. The number of nitrogens with one attached hydrogen (secondary N) is 1. The second-order valence-electron chi connectivity index (χ2n) is 5.89. The Hall–Kier alpha value is -3.33. The Morgan fingerprint density at radius 2 is 1.66 bits per heavy atom. The Bertz CT molecular complexity index is 1020. The number of amides is 4. The van der Waals surface area contributed by atoms with E-state index < -0.39 is 17.8 Å². The first-order chi connectivity index (χ1) is 13.9. The Labute approximate surface area is 175 Å². The molecule has 0 aliphatic carbocycles. The summed E-state index contributed by atoms with van der Waals surface area (Å²) in [7, 11) is 4.48. The van der Waals surface area contributed by atoms with Crippen molar-refractivity contribution >= 4 is 45.5 Å². The summed E-state index contributed by atoms with van der Waals surface area (Å²) in [6, 6.07) is 8.79. The highest BCUT2D eigenvalue weighted by Gasteiger charge is 2.36. The van der Waals surface area contributed by atoms with Gasteiger partial charge in [-0.1, -0.05) is 0 Å². The van der Waals surface area contributed by atoms with Crippen LogP contribution in [0.25, 0.3) is 6.08 Å². The molecule has 4 amide bonds. The number of imide groups is 2. The van der Waals surface area contributed by atoms with E-state index >= 15 is 0 Å². The van der Waals surface area contributed by atoms with Crippen molar-refractivity contribution in [1.82, 2.24) is 5.32 Å². The van der Waals surface area contributed by atoms with Crippen LogP contribution in [-0.4, -0.2) is 39.2 Å². The van der Waals surface area contributed by atoms with Gasteiger partial charge in [-0.15, -0.1) is 0 Å². The van der Waals surface area contributed by atoms with Crippen molar-refractivity contribution in [3.63, 3.8) is 0 Å². The number of halogens is 1. The van der Waals surface area contributed by atoms with E-state index in [0.29, 0.717) is 33.0 Å². The standard InChI is InChI=1S/C20H17BrN2O6/c1-27-13-6-4-12(5-7-13)23-19(25)14(18(24)22-20(23)26)8-11-9-15(21)17(29-3)16(10-11)28-2/h4-10H,1-3H3,(H,22,24,26)/b14-8-. The first kappa shape index (κ1) is 20.4. The normalized spacial score (nSPS) is 15.4. The molecule has 0 bridgehead atoms. The zero-order valence-corrected chi connectivity index (χ0v) is 17.4. The van der Waals surface area contributed by atoms with Crippen molar-refractivity contribution in [2.24, 2.45) is 0 Å². The molecule has 0 aromatic heterocycles. The van der Waals surface area contributed by atoms with Crippen molar-refractivity contribution in [2.75, 3.05) is 26.2 Å². The molecule has 1 aliphatic heterocycles. The predicted octanol–water partition coefficient (Wildman–Crippen LogP) is 3.14. The number of barbiturate groups is 1. The number of nitrogens with zero attached hydrogens (tertiary/aromatic N) is 1. The lowest BCUT2D eigenvalue weighted by molar-refractivity contribution is -0.122. The van der Waals surface area contributed by atoms with Gasteiger partial charge in [0.15, 0.2) is 11.5 Å². The SMILES string of the molecule is COc1ccc(N2C(=O)NC(=O)/C(=C/c3cc(Br)c(OC)c(OC)c3)C2=O)cc1. The highest BCUT2D eigenvalue weighted by molar-refractivity contribution is 9.10. The highest BCUT2D eigenvalue weighted by Crippen LogP contribution is 2.37. The number of methoxy groups -OCH3 is 3. The maximum Gasteiger partial charge on any atom is 0.335 e. The van der Waals surface area contributed by atoms with Crippen LogP contribution in [0.15, 0.2) is 46.4 Å². The van der Waals surface area contributed by atoms with Crippen molar-refractivity contribution in [3.05, 3.63) is 52.0 Å². The van der Waals surface area contributed by atoms with Crippen LogP contribution in [0.3, 0.4) is 0 Å². The van der Waals surface area contributed by atoms with Crippen molar-refractivity contribution in [2.45, 2.75) is 0 Å². The molecule has 0 saturated carbocycles. The largest absolute Gasteiger partial charge is 0.497 e. The second kappa shape index (κ2) is 8.36. The average Bonchev–Trinajstić information content (AvgIpc) is 2.71. The van der Waals surface area contributed by atoms with Crippen LogP contribution in [0.1, 0.15) is 5.56 Å². The second-order valence-corrected chi connectivity index (χ2v) is 6.75. The first-order valence-electron chi connectivity index (χ1n) is 8.36. The molecule has 3 rings (SSSR count). The van der Waals surface area contributed by atoms with Gasteiger partial charge in [-0.25, -0.2) is 9.69 Å². The number of urea groups is 1. The molecule has 0 spiro atoms. The van der Waals surface area contributed by atoms with E-state index in [1.165, 1.54) is 27.4 Å². The lowest BCUT2D eigenvalue weighted by Crippen LogP contribution is -2.54. The summed E-state index contributed by atoms with van der Waals surface area (Å²) in [4.78, 5) is 38.4. The first-order valence-corrected chi connectivity index (χ1v) is 9.16. The third-order valence-electron chi connectivity index (χ3n) is 4.20. The van der Waals surface area contributed by atoms with E-state index in [2.05, 4.69) is 21.2 Å². The molecule has 9 heteroatoms. The fourth-order valence-electron chi connectivity index (χ4n) is 2.81. The summed E-state index contributed by atoms with van der Waals surface area (Å²) in [5.41, 5.74) is 0.622. The topological polar surface area (TPSA) is 94.2 Å². The molecular formula is C20H17BrN2O6. The Morgan fingerprint density at radius 1 is 0.966 bits per heavy atom. The molecule has 0 radical (unpaired) electrons. The molecular weight excluding hydrogens is 444 g/mol. The number of benzene rings is 2. The fraction of sp³-hybridized carbons (Fsp3) is 0.150. The van der Waals surface area contributed by atoms with Gasteiger partial charge in [0.2, 0.25) is 0 Å². The van der Waals surface area contributed by atoms with E-state index in [0.717, 1.165) is 4.90 Å². The molecule has 1 aliphatic rings. The summed E-state index contributed by atoms with van der Waals surface area (Å²) < 4.78 is 16.2. The fourth-order valence-corrected chi connectivity index (χ4v) is 3.43. The molecule has 2 aromatic rings. The molecule has 1 N–H and O–H groups in total. The minimum absolute atomic E-state index is 0.195. The highest BCUT2D eigenvalue weighted by atomic mass is 79.9. The van der Waals surface area contributed by atoms with Crippen molar-refractivity contribution in [1.29, 1.82) is 0 Å². The molecule has 0 atom stereocenters. The number of ether oxygens (including phenoxy) is 3. The van der Waals surface area contributed by atoms with Gasteiger partial charge in [0.25, 0.3) is 11.8 Å². The van der Waals surface area contributed by atoms with E-state index in [4.69, 9.17) is 14.2 Å². The summed E-state index contributed by atoms with van der Waals surface area (Å²) in [6.45, 7) is 0. The number of hydrogen-bond acceptors (Lipinski definition) is 6. The van der Waals surface area contributed by atoms with Crippen LogP contribution in [0, 0.1) is 0 Å². The predicted molar refractivity (Wildman–Crippen MR) is 109 cm³/mol. The lowest BCUT2D eigenvalue weighted by atomic mass is 10.1. The summed E-state index contributed by atoms with van der Waals surface area (Å²) >= 11 is 3.37. The van der Waals surface area contributed by atoms with Gasteiger partial charge in [0, 0.05) is 0 Å². The molecule has 2 aromatic carbocycles. The van der Waals surface area contributed by atoms with Crippen LogP contribution in [0.5, 0.6) is 17.2 Å². The van der Waals surface area contributed by atoms with Gasteiger partial charge in [0.1, 0.15) is 11.3 Å². The zero-order valence-electron chi connectivity index (χ0n) is 15.8. The molecule has 150 valence electrons. The number of carbonyl (C=O) groups is 3. The third-order valence-corrected chi connectivity index (χ3v) is 4.79. The molecule has 29 heavy (non-hydrogen) atoms. The molecule has 8 nitrogen and oxygen atoms in total. The minimum atomic E-state index is -0.823. The maximum atomic E-state index is 12.9. The van der Waals surface area contributed by atoms with E-state index in [1.54, 1.807) is 36.4 Å². The van der Waals surface area contributed by atoms with Gasteiger partial charge < -0.3 is 14.2 Å². The van der Waals surface area contributed by atoms with Crippen LogP contribution < -0.4 is 24.4 Å². The Morgan fingerprint density at radius 3 is 2.24 bits per heavy atom. The number of carbonyl (C=O) groups excluding carboxylic acids is 3. The van der Waals surface area contributed by atoms with Gasteiger partial charge >= 0.3 is 6.03 Å². The smallest absolute Gasteiger partial charge is 0.335 e. The molecule has 1 saturated heterocycles. The van der Waals surface area contributed by atoms with Gasteiger partial charge in [-0.2, -0.15) is 0 Å². The Kier molecular flexibility index (Phi) is 5.88. The van der Waals surface area contributed by atoms with Gasteiger partial charge in [-0.05, 0) is 64.0 Å². The van der Waals surface area contributed by atoms with Crippen LogP contribution in [0.2, 0.25) is 0 Å². The summed E-state index contributed by atoms with van der Waals surface area (Å²) in [5, 5.41) is 2.18. The van der Waals surface area contributed by atoms with Crippen LogP contribution >= 0.6 is 15.9 Å². The number of rotatable bonds is 5. The zero-order chi connectivity index (χ0) is 21.1. The van der Waals surface area contributed by atoms with Crippen LogP contribution in [-0.2, 0) is 9.59 Å². The molecule has 1 fully saturated rings. The van der Waals surface area contributed by atoms with Crippen molar-refractivity contribution < 1.29 is 28.6 Å². The van der Waals surface area contributed by atoms with Crippen molar-refractivity contribution in [3.8, 4) is 17.2 Å². The lowest BCUT2D eigenvalue weighted by Gasteiger charge is -2.26. The van der Waals surface area contributed by atoms with E-state index in [1.807, 2.05) is 0 Å². The van der Waals surface area contributed by atoms with E-state index in [9.17, 15) is 14.4 Å². The van der Waals surface area contributed by atoms with Gasteiger partial charge in [-0.3, -0.25) is 14.9 Å². The number of hydrogen-bond donors (Lipinski definition) is 1. The summed E-state index contributed by atoms with van der Waals surface area (Å²) in [5.74, 6) is -0.0595.